The Morgan fingerprint density at radius 3 is 2.39 bits per heavy atom. The molecule has 244 valence electrons. The smallest absolute Gasteiger partial charge is 0.272 e. The van der Waals surface area contributed by atoms with Gasteiger partial charge in [-0.25, -0.2) is 13.4 Å². The maximum Gasteiger partial charge on any atom is 0.272 e. The van der Waals surface area contributed by atoms with Gasteiger partial charge in [-0.05, 0) is 74.0 Å². The Hall–Kier alpha value is -4.16. The average Bonchev–Trinajstić information content (AvgIpc) is 3.79. The third-order valence-electron chi connectivity index (χ3n) is 8.78. The number of fused-ring (bicyclic) bond motifs is 1. The van der Waals surface area contributed by atoms with Crippen LogP contribution >= 0.6 is 0 Å². The summed E-state index contributed by atoms with van der Waals surface area (Å²) in [5.41, 5.74) is 2.21. The van der Waals surface area contributed by atoms with Crippen LogP contribution in [0.3, 0.4) is 0 Å². The molecule has 46 heavy (non-hydrogen) atoms. The Kier molecular flexibility index (Phi) is 8.45. The summed E-state index contributed by atoms with van der Waals surface area (Å²) in [4.78, 5) is 25.8. The SMILES string of the molecule is COc1c(NC(=O)c2cc3cccc(Oc4ccnc(C5CCN(C6CC6)CC5)n4)c3n2C)cc(C(C)(C)C)cc1NS(C)(=O)=O. The second-order valence-electron chi connectivity index (χ2n) is 13.4. The Morgan fingerprint density at radius 2 is 1.74 bits per heavy atom. The molecule has 2 fully saturated rings. The summed E-state index contributed by atoms with van der Waals surface area (Å²) >= 11 is 0. The van der Waals surface area contributed by atoms with E-state index in [4.69, 9.17) is 14.5 Å². The zero-order valence-corrected chi connectivity index (χ0v) is 28.1. The van der Waals surface area contributed by atoms with E-state index in [9.17, 15) is 13.2 Å². The number of likely N-dealkylation sites (tertiary alicyclic amines) is 1. The number of anilines is 2. The highest BCUT2D eigenvalue weighted by atomic mass is 32.2. The van der Waals surface area contributed by atoms with Gasteiger partial charge in [0.25, 0.3) is 5.91 Å². The van der Waals surface area contributed by atoms with Crippen LogP contribution in [0.5, 0.6) is 17.4 Å². The minimum Gasteiger partial charge on any atom is -0.492 e. The van der Waals surface area contributed by atoms with Gasteiger partial charge < -0.3 is 24.3 Å². The predicted molar refractivity (Wildman–Crippen MR) is 180 cm³/mol. The first-order valence-corrected chi connectivity index (χ1v) is 17.5. The summed E-state index contributed by atoms with van der Waals surface area (Å²) in [6.07, 6.45) is 7.55. The molecule has 3 heterocycles. The van der Waals surface area contributed by atoms with E-state index < -0.39 is 10.0 Å². The summed E-state index contributed by atoms with van der Waals surface area (Å²) in [6.45, 7) is 8.19. The van der Waals surface area contributed by atoms with Gasteiger partial charge in [0.1, 0.15) is 11.5 Å². The first-order valence-electron chi connectivity index (χ1n) is 15.7. The van der Waals surface area contributed by atoms with Crippen LogP contribution in [-0.4, -0.2) is 66.3 Å². The molecule has 1 saturated carbocycles. The molecular formula is C34H42N6O5S. The fourth-order valence-corrected chi connectivity index (χ4v) is 6.75. The molecule has 6 rings (SSSR count). The normalized spacial score (nSPS) is 16.4. The van der Waals surface area contributed by atoms with Crippen molar-refractivity contribution in [3.63, 3.8) is 0 Å². The van der Waals surface area contributed by atoms with Gasteiger partial charge in [-0.2, -0.15) is 4.98 Å². The Balaban J connectivity index is 1.27. The first-order chi connectivity index (χ1) is 21.8. The summed E-state index contributed by atoms with van der Waals surface area (Å²) in [5.74, 6) is 1.97. The number of ether oxygens (including phenoxy) is 2. The van der Waals surface area contributed by atoms with Gasteiger partial charge in [0.2, 0.25) is 15.9 Å². The van der Waals surface area contributed by atoms with Crippen molar-refractivity contribution < 1.29 is 22.7 Å². The lowest BCUT2D eigenvalue weighted by Gasteiger charge is -2.31. The van der Waals surface area contributed by atoms with Gasteiger partial charge in [0.15, 0.2) is 11.5 Å². The number of benzene rings is 2. The highest BCUT2D eigenvalue weighted by Gasteiger charge is 2.33. The van der Waals surface area contributed by atoms with Crippen molar-refractivity contribution in [1.29, 1.82) is 0 Å². The second-order valence-corrected chi connectivity index (χ2v) is 15.1. The number of carbonyl (C=O) groups is 1. The van der Waals surface area contributed by atoms with Crippen molar-refractivity contribution in [2.75, 3.05) is 36.5 Å². The van der Waals surface area contributed by atoms with Crippen LogP contribution < -0.4 is 19.5 Å². The number of aromatic nitrogens is 3. The topological polar surface area (TPSA) is 128 Å². The molecule has 1 aliphatic carbocycles. The molecule has 0 spiro atoms. The number of carbonyl (C=O) groups excluding carboxylic acids is 1. The molecule has 1 aliphatic heterocycles. The molecule has 1 saturated heterocycles. The number of hydrogen-bond acceptors (Lipinski definition) is 8. The predicted octanol–water partition coefficient (Wildman–Crippen LogP) is 6.03. The standard InChI is InChI=1S/C34H42N6O5S/c1-34(2,3)23-19-25(31(44-5)26(20-23)38-46(6,42)43)36-33(41)27-18-22-8-7-9-28(30(22)39(27)4)45-29-12-15-35-32(37-29)21-13-16-40(17-14-21)24-10-11-24/h7-9,12,15,18-21,24,38H,10-11,13-14,16-17H2,1-6H3,(H,36,41). The first kappa shape index (κ1) is 31.8. The van der Waals surface area contributed by atoms with Gasteiger partial charge >= 0.3 is 0 Å². The number of nitrogens with one attached hydrogen (secondary N) is 2. The zero-order valence-electron chi connectivity index (χ0n) is 27.3. The maximum absolute atomic E-state index is 13.8. The van der Waals surface area contributed by atoms with Gasteiger partial charge in [0, 0.05) is 36.7 Å². The van der Waals surface area contributed by atoms with Gasteiger partial charge in [-0.1, -0.05) is 32.9 Å². The highest BCUT2D eigenvalue weighted by molar-refractivity contribution is 7.92. The second kappa shape index (κ2) is 12.2. The third kappa shape index (κ3) is 6.82. The largest absolute Gasteiger partial charge is 0.492 e. The van der Waals surface area contributed by atoms with E-state index in [0.717, 1.165) is 60.5 Å². The number of rotatable bonds is 9. The average molecular weight is 647 g/mol. The summed E-state index contributed by atoms with van der Waals surface area (Å²) in [5, 5.41) is 3.78. The molecule has 0 atom stereocenters. The number of sulfonamides is 1. The van der Waals surface area contributed by atoms with E-state index in [-0.39, 0.29) is 22.8 Å². The van der Waals surface area contributed by atoms with Gasteiger partial charge in [-0.3, -0.25) is 9.52 Å². The summed E-state index contributed by atoms with van der Waals surface area (Å²) in [6, 6.07) is 13.5. The molecule has 11 nitrogen and oxygen atoms in total. The monoisotopic (exact) mass is 646 g/mol. The van der Waals surface area contributed by atoms with E-state index in [1.807, 2.05) is 52.1 Å². The summed E-state index contributed by atoms with van der Waals surface area (Å²) in [7, 11) is -0.364. The molecule has 2 aromatic carbocycles. The molecular weight excluding hydrogens is 604 g/mol. The number of hydrogen-bond donors (Lipinski definition) is 2. The van der Waals surface area contributed by atoms with Crippen molar-refractivity contribution in [3.05, 3.63) is 65.7 Å². The minimum atomic E-state index is -3.61. The lowest BCUT2D eigenvalue weighted by molar-refractivity contribution is 0.101. The quantitative estimate of drug-likeness (QED) is 0.226. The van der Waals surface area contributed by atoms with Crippen LogP contribution in [0.4, 0.5) is 11.4 Å². The molecule has 1 amide bonds. The molecule has 12 heteroatoms. The third-order valence-corrected chi connectivity index (χ3v) is 9.37. The van der Waals surface area contributed by atoms with E-state index in [1.54, 1.807) is 29.0 Å². The molecule has 0 radical (unpaired) electrons. The lowest BCUT2D eigenvalue weighted by Crippen LogP contribution is -2.35. The molecule has 2 aromatic heterocycles. The zero-order chi connectivity index (χ0) is 32.8. The maximum atomic E-state index is 13.8. The Morgan fingerprint density at radius 1 is 1.02 bits per heavy atom. The number of methoxy groups -OCH3 is 1. The van der Waals surface area contributed by atoms with Crippen LogP contribution in [0.15, 0.2) is 48.7 Å². The fourth-order valence-electron chi connectivity index (χ4n) is 6.20. The Labute approximate surface area is 270 Å². The van der Waals surface area contributed by atoms with Gasteiger partial charge in [0.05, 0.1) is 30.3 Å². The number of aryl methyl sites for hydroxylation is 1. The number of piperidine rings is 1. The Bertz CT molecular complexity index is 1890. The number of nitrogens with zero attached hydrogens (tertiary/aromatic N) is 4. The molecule has 2 aliphatic rings. The molecule has 2 N–H and O–H groups in total. The van der Waals surface area contributed by atoms with Crippen molar-refractivity contribution in [1.82, 2.24) is 19.4 Å². The summed E-state index contributed by atoms with van der Waals surface area (Å²) < 4.78 is 40.5. The van der Waals surface area contributed by atoms with Gasteiger partial charge in [-0.15, -0.1) is 0 Å². The minimum absolute atomic E-state index is 0.215. The van der Waals surface area contributed by atoms with Crippen molar-refractivity contribution in [2.45, 2.75) is 63.8 Å². The van der Waals surface area contributed by atoms with Crippen LogP contribution in [-0.2, 0) is 22.5 Å². The van der Waals surface area contributed by atoms with E-state index >= 15 is 0 Å². The van der Waals surface area contributed by atoms with E-state index in [1.165, 1.54) is 20.0 Å². The fraction of sp³-hybridized carbons (Fsp3) is 0.441. The van der Waals surface area contributed by atoms with Crippen LogP contribution in [0.25, 0.3) is 10.9 Å². The van der Waals surface area contributed by atoms with E-state index in [2.05, 4.69) is 19.9 Å². The van der Waals surface area contributed by atoms with Crippen LogP contribution in [0, 0.1) is 0 Å². The molecule has 0 bridgehead atoms. The molecule has 0 unspecified atom stereocenters. The van der Waals surface area contributed by atoms with E-state index in [0.29, 0.717) is 28.9 Å². The van der Waals surface area contributed by atoms with Crippen molar-refractivity contribution >= 4 is 38.2 Å². The van der Waals surface area contributed by atoms with Crippen molar-refractivity contribution in [3.8, 4) is 17.4 Å². The number of amides is 1. The lowest BCUT2D eigenvalue weighted by atomic mass is 9.86. The highest BCUT2D eigenvalue weighted by Crippen LogP contribution is 2.40. The number of para-hydroxylation sites is 1. The van der Waals surface area contributed by atoms with Crippen LogP contribution in [0.1, 0.15) is 74.2 Å². The molecule has 4 aromatic rings. The van der Waals surface area contributed by atoms with Crippen molar-refractivity contribution in [2.24, 2.45) is 7.05 Å². The van der Waals surface area contributed by atoms with Crippen LogP contribution in [0.2, 0.25) is 0 Å².